The van der Waals surface area contributed by atoms with Crippen molar-refractivity contribution in [1.29, 1.82) is 0 Å². The van der Waals surface area contributed by atoms with Gasteiger partial charge in [0.2, 0.25) is 10.0 Å². The molecule has 3 aromatic carbocycles. The van der Waals surface area contributed by atoms with Gasteiger partial charge in [0.25, 0.3) is 0 Å². The van der Waals surface area contributed by atoms with E-state index in [4.69, 9.17) is 4.98 Å². The molecule has 0 aliphatic heterocycles. The zero-order valence-corrected chi connectivity index (χ0v) is 21.6. The normalized spacial score (nSPS) is 12.0. The second-order valence-electron chi connectivity index (χ2n) is 8.78. The van der Waals surface area contributed by atoms with Crippen LogP contribution >= 0.6 is 11.3 Å². The minimum absolute atomic E-state index is 0.228. The highest BCUT2D eigenvalue weighted by atomic mass is 32.2. The highest BCUT2D eigenvalue weighted by Crippen LogP contribution is 2.27. The van der Waals surface area contributed by atoms with Gasteiger partial charge < -0.3 is 0 Å². The van der Waals surface area contributed by atoms with E-state index in [0.29, 0.717) is 18.5 Å². The summed E-state index contributed by atoms with van der Waals surface area (Å²) in [4.78, 5) is 10.3. The van der Waals surface area contributed by atoms with Crippen LogP contribution in [0, 0.1) is 0 Å². The summed E-state index contributed by atoms with van der Waals surface area (Å²) in [6.07, 6.45) is 4.21. The van der Waals surface area contributed by atoms with Gasteiger partial charge in [0.1, 0.15) is 4.90 Å². The molecule has 37 heavy (non-hydrogen) atoms. The highest BCUT2D eigenvalue weighted by Gasteiger charge is 2.27. The Bertz CT molecular complexity index is 1770. The summed E-state index contributed by atoms with van der Waals surface area (Å²) in [6, 6.07) is 28.8. The van der Waals surface area contributed by atoms with Crippen LogP contribution in [0.4, 0.5) is 0 Å². The Morgan fingerprint density at radius 2 is 1.62 bits per heavy atom. The third kappa shape index (κ3) is 4.67. The number of nitrogens with zero attached hydrogens (tertiary/aromatic N) is 4. The fourth-order valence-corrected chi connectivity index (χ4v) is 6.99. The summed E-state index contributed by atoms with van der Waals surface area (Å²) in [6.45, 7) is 0.601. The van der Waals surface area contributed by atoms with Gasteiger partial charge in [0, 0.05) is 53.9 Å². The van der Waals surface area contributed by atoms with Crippen molar-refractivity contribution >= 4 is 37.2 Å². The summed E-state index contributed by atoms with van der Waals surface area (Å²) in [5.74, 6) is 0. The fourth-order valence-electron chi connectivity index (χ4n) is 4.49. The van der Waals surface area contributed by atoms with Crippen molar-refractivity contribution in [2.24, 2.45) is 0 Å². The number of thiazole rings is 1. The van der Waals surface area contributed by atoms with Crippen molar-refractivity contribution in [3.05, 3.63) is 120 Å². The lowest BCUT2D eigenvalue weighted by Crippen LogP contribution is -2.33. The molecule has 0 amide bonds. The average Bonchev–Trinajstić information content (AvgIpc) is 3.53. The number of hydrogen-bond acceptors (Lipinski definition) is 5. The van der Waals surface area contributed by atoms with Crippen molar-refractivity contribution < 1.29 is 8.42 Å². The maximum atomic E-state index is 14.0. The van der Waals surface area contributed by atoms with E-state index in [1.54, 1.807) is 34.0 Å². The molecule has 0 radical (unpaired) electrons. The maximum Gasteiger partial charge on any atom is 0.245 e. The van der Waals surface area contributed by atoms with Crippen LogP contribution in [0.3, 0.4) is 0 Å². The SMILES string of the molecule is O=S(=O)(c1cccc2cccnc12)N(CCc1csc2nc(-c3ccccc3)cn12)Cc1ccccc1. The number of benzene rings is 3. The molecule has 0 saturated carbocycles. The average molecular weight is 525 g/mol. The summed E-state index contributed by atoms with van der Waals surface area (Å²) < 4.78 is 31.7. The van der Waals surface area contributed by atoms with E-state index in [-0.39, 0.29) is 11.4 Å². The molecule has 6 nitrogen and oxygen atoms in total. The number of hydrogen-bond donors (Lipinski definition) is 0. The maximum absolute atomic E-state index is 14.0. The molecule has 0 unspecified atom stereocenters. The van der Waals surface area contributed by atoms with Crippen LogP contribution in [0.25, 0.3) is 27.1 Å². The van der Waals surface area contributed by atoms with Gasteiger partial charge in [0.05, 0.1) is 11.2 Å². The molecular weight excluding hydrogens is 500 g/mol. The van der Waals surface area contributed by atoms with E-state index >= 15 is 0 Å². The van der Waals surface area contributed by atoms with E-state index in [1.165, 1.54) is 0 Å². The van der Waals surface area contributed by atoms with E-state index in [2.05, 4.69) is 14.8 Å². The first-order valence-electron chi connectivity index (χ1n) is 12.0. The van der Waals surface area contributed by atoms with Crippen LogP contribution in [0.2, 0.25) is 0 Å². The molecule has 0 spiro atoms. The number of fused-ring (bicyclic) bond motifs is 2. The Labute approximate surface area is 219 Å². The Kier molecular flexibility index (Phi) is 6.30. The third-order valence-corrected chi connectivity index (χ3v) is 9.15. The summed E-state index contributed by atoms with van der Waals surface area (Å²) >= 11 is 1.56. The number of sulfonamides is 1. The van der Waals surface area contributed by atoms with Gasteiger partial charge in [-0.3, -0.25) is 9.38 Å². The molecule has 8 heteroatoms. The molecule has 0 atom stereocenters. The molecule has 6 rings (SSSR count). The largest absolute Gasteiger partial charge is 0.294 e. The molecule has 184 valence electrons. The molecular formula is C29H24N4O2S2. The second kappa shape index (κ2) is 9.89. The first-order valence-corrected chi connectivity index (χ1v) is 14.3. The smallest absolute Gasteiger partial charge is 0.245 e. The first kappa shape index (κ1) is 23.5. The zero-order valence-electron chi connectivity index (χ0n) is 19.9. The first-order chi connectivity index (χ1) is 18.1. The van der Waals surface area contributed by atoms with Crippen LogP contribution in [-0.2, 0) is 23.0 Å². The molecule has 0 aliphatic rings. The number of pyridine rings is 1. The number of para-hydroxylation sites is 1. The van der Waals surface area contributed by atoms with E-state index < -0.39 is 10.0 Å². The molecule has 0 bridgehead atoms. The molecule has 3 aromatic heterocycles. The predicted molar refractivity (Wildman–Crippen MR) is 148 cm³/mol. The Morgan fingerprint density at radius 3 is 2.43 bits per heavy atom. The number of imidazole rings is 1. The van der Waals surface area contributed by atoms with Crippen molar-refractivity contribution in [1.82, 2.24) is 18.7 Å². The molecule has 0 N–H and O–H groups in total. The van der Waals surface area contributed by atoms with Crippen LogP contribution in [0.15, 0.2) is 114 Å². The Morgan fingerprint density at radius 1 is 0.865 bits per heavy atom. The standard InChI is InChI=1S/C29H24N4O2S2/c34-37(35,27-15-7-13-24-14-8-17-30-28(24)27)32(19-22-9-3-1-4-10-22)18-16-25-21-36-29-31-26(20-33(25)29)23-11-5-2-6-12-23/h1-15,17,20-21H,16,18-19H2. The van der Waals surface area contributed by atoms with Gasteiger partial charge >= 0.3 is 0 Å². The van der Waals surface area contributed by atoms with Crippen LogP contribution in [0.1, 0.15) is 11.3 Å². The number of rotatable bonds is 8. The Balaban J connectivity index is 1.34. The third-order valence-electron chi connectivity index (χ3n) is 6.39. The minimum Gasteiger partial charge on any atom is -0.294 e. The molecule has 6 aromatic rings. The Hall–Kier alpha value is -3.85. The summed E-state index contributed by atoms with van der Waals surface area (Å²) in [7, 11) is -3.82. The van der Waals surface area contributed by atoms with Crippen molar-refractivity contribution in [2.75, 3.05) is 6.54 Å². The fraction of sp³-hybridized carbons (Fsp3) is 0.103. The van der Waals surface area contributed by atoms with Gasteiger partial charge in [-0.25, -0.2) is 13.4 Å². The topological polar surface area (TPSA) is 67.6 Å². The van der Waals surface area contributed by atoms with E-state index in [9.17, 15) is 8.42 Å². The lowest BCUT2D eigenvalue weighted by atomic mass is 10.2. The van der Waals surface area contributed by atoms with Crippen LogP contribution in [0.5, 0.6) is 0 Å². The lowest BCUT2D eigenvalue weighted by molar-refractivity contribution is 0.408. The van der Waals surface area contributed by atoms with Crippen molar-refractivity contribution in [3.63, 3.8) is 0 Å². The van der Waals surface area contributed by atoms with Gasteiger partial charge in [-0.15, -0.1) is 11.3 Å². The van der Waals surface area contributed by atoms with Gasteiger partial charge in [-0.05, 0) is 17.7 Å². The van der Waals surface area contributed by atoms with Gasteiger partial charge in [-0.1, -0.05) is 78.9 Å². The molecule has 0 fully saturated rings. The van der Waals surface area contributed by atoms with Gasteiger partial charge in [-0.2, -0.15) is 4.31 Å². The number of aromatic nitrogens is 3. The molecule has 0 aliphatic carbocycles. The van der Waals surface area contributed by atoms with Crippen LogP contribution < -0.4 is 0 Å². The van der Waals surface area contributed by atoms with Gasteiger partial charge in [0.15, 0.2) is 4.96 Å². The summed E-state index contributed by atoms with van der Waals surface area (Å²) in [5, 5.41) is 2.86. The lowest BCUT2D eigenvalue weighted by Gasteiger charge is -2.23. The molecule has 3 heterocycles. The van der Waals surface area contributed by atoms with E-state index in [0.717, 1.165) is 32.9 Å². The highest BCUT2D eigenvalue weighted by molar-refractivity contribution is 7.89. The second-order valence-corrected chi connectivity index (χ2v) is 11.5. The molecule has 0 saturated heterocycles. The predicted octanol–water partition coefficient (Wildman–Crippen LogP) is 6.04. The van der Waals surface area contributed by atoms with Crippen molar-refractivity contribution in [2.45, 2.75) is 17.9 Å². The van der Waals surface area contributed by atoms with E-state index in [1.807, 2.05) is 85.1 Å². The monoisotopic (exact) mass is 524 g/mol. The zero-order chi connectivity index (χ0) is 25.2. The van der Waals surface area contributed by atoms with Crippen molar-refractivity contribution in [3.8, 4) is 11.3 Å². The van der Waals surface area contributed by atoms with Crippen LogP contribution in [-0.4, -0.2) is 33.6 Å². The minimum atomic E-state index is -3.82. The summed E-state index contributed by atoms with van der Waals surface area (Å²) in [5.41, 5.74) is 4.41. The quantitative estimate of drug-likeness (QED) is 0.243.